The van der Waals surface area contributed by atoms with E-state index in [1.807, 2.05) is 13.0 Å². The molecule has 7 nitrogen and oxygen atoms in total. The van der Waals surface area contributed by atoms with Crippen LogP contribution in [0.5, 0.6) is 0 Å². The van der Waals surface area contributed by atoms with E-state index in [9.17, 15) is 24.4 Å². The molecule has 5 rings (SSSR count). The smallest absolute Gasteiger partial charge is 0.312 e. The first-order valence-electron chi connectivity index (χ1n) is 15.4. The number of rotatable bonds is 3. The van der Waals surface area contributed by atoms with E-state index in [1.165, 1.54) is 14.2 Å². The number of nitriles is 1. The maximum Gasteiger partial charge on any atom is 0.312 e. The summed E-state index contributed by atoms with van der Waals surface area (Å²) in [7, 11) is 2.79. The number of fused-ring (bicyclic) bond motifs is 7. The Bertz CT molecular complexity index is 1280. The molecule has 5 aliphatic carbocycles. The second-order valence-electron chi connectivity index (χ2n) is 15.7. The molecular weight excluding hydrogens is 518 g/mol. The molecule has 7 heteroatoms. The molecule has 0 aromatic rings. The molecule has 0 saturated heterocycles. The number of ketones is 2. The normalized spacial score (nSPS) is 46.5. The topological polar surface area (TPSA) is 111 Å². The van der Waals surface area contributed by atoms with Crippen LogP contribution in [0.25, 0.3) is 0 Å². The molecule has 0 aromatic heterocycles. The summed E-state index contributed by atoms with van der Waals surface area (Å²) in [5.74, 6) is -2.20. The lowest BCUT2D eigenvalue weighted by Gasteiger charge is -2.69. The fourth-order valence-corrected chi connectivity index (χ4v) is 11.1. The average molecular weight is 566 g/mol. The number of ether oxygens (including phenoxy) is 2. The van der Waals surface area contributed by atoms with Crippen molar-refractivity contribution in [3.8, 4) is 6.07 Å². The zero-order chi connectivity index (χ0) is 30.4. The van der Waals surface area contributed by atoms with Crippen molar-refractivity contribution in [2.45, 2.75) is 99.3 Å². The zero-order valence-electron chi connectivity index (χ0n) is 26.1. The number of esters is 2. The van der Waals surface area contributed by atoms with Crippen LogP contribution in [0, 0.1) is 67.5 Å². The largest absolute Gasteiger partial charge is 0.469 e. The van der Waals surface area contributed by atoms with Crippen LogP contribution in [0.15, 0.2) is 11.6 Å². The molecule has 0 N–H and O–H groups in total. The van der Waals surface area contributed by atoms with E-state index in [2.05, 4.69) is 40.7 Å². The van der Waals surface area contributed by atoms with Gasteiger partial charge < -0.3 is 9.47 Å². The van der Waals surface area contributed by atoms with Gasteiger partial charge in [-0.05, 0) is 90.9 Å². The van der Waals surface area contributed by atoms with E-state index in [1.54, 1.807) is 0 Å². The summed E-state index contributed by atoms with van der Waals surface area (Å²) in [6.45, 7) is 13.0. The number of carbonyl (C=O) groups is 4. The van der Waals surface area contributed by atoms with Gasteiger partial charge in [0.1, 0.15) is 5.92 Å². The molecule has 0 radical (unpaired) electrons. The van der Waals surface area contributed by atoms with E-state index in [-0.39, 0.29) is 58.0 Å². The summed E-state index contributed by atoms with van der Waals surface area (Å²) >= 11 is 0. The van der Waals surface area contributed by atoms with Crippen molar-refractivity contribution in [1.82, 2.24) is 0 Å². The standard InChI is InChI=1S/C34H47NO6/c1-29(2)11-13-34(28(39)41-8)14-12-33(6)26(21(34)17-29)22(36)15-24-30(3)16-20(19-35)27(38)31(4,18-25(37)40-7)23(30)9-10-32(24,33)5/h15,20-21,23,26H,9-14,16-18H2,1-8H3/t20?,21-,23+,26-,30-,31-,32+,33+,34-/m0/s1. The van der Waals surface area contributed by atoms with E-state index in [4.69, 9.17) is 9.47 Å². The van der Waals surface area contributed by atoms with Crippen molar-refractivity contribution in [3.05, 3.63) is 11.6 Å². The second kappa shape index (κ2) is 9.25. The molecule has 0 amide bonds. The first-order chi connectivity index (χ1) is 19.0. The molecule has 9 atom stereocenters. The molecule has 224 valence electrons. The first kappa shape index (κ1) is 30.0. The highest BCUT2D eigenvalue weighted by Gasteiger charge is 2.72. The molecule has 4 saturated carbocycles. The predicted octanol–water partition coefficient (Wildman–Crippen LogP) is 6.00. The summed E-state index contributed by atoms with van der Waals surface area (Å²) in [5.41, 5.74) is -1.98. The van der Waals surface area contributed by atoms with Crippen molar-refractivity contribution < 1.29 is 28.7 Å². The van der Waals surface area contributed by atoms with E-state index in [0.717, 1.165) is 44.1 Å². The highest BCUT2D eigenvalue weighted by Crippen LogP contribution is 2.75. The van der Waals surface area contributed by atoms with Gasteiger partial charge in [0.2, 0.25) is 0 Å². The van der Waals surface area contributed by atoms with Crippen LogP contribution in [0.3, 0.4) is 0 Å². The van der Waals surface area contributed by atoms with Gasteiger partial charge in [0.15, 0.2) is 11.6 Å². The third-order valence-electron chi connectivity index (χ3n) is 13.4. The monoisotopic (exact) mass is 565 g/mol. The Balaban J connectivity index is 1.66. The van der Waals surface area contributed by atoms with Gasteiger partial charge in [-0.1, -0.05) is 47.1 Å². The number of hydrogen-bond donors (Lipinski definition) is 0. The van der Waals surface area contributed by atoms with Crippen LogP contribution in [0.4, 0.5) is 0 Å². The maximum atomic E-state index is 14.5. The van der Waals surface area contributed by atoms with Gasteiger partial charge in [0.05, 0.1) is 32.1 Å². The first-order valence-corrected chi connectivity index (χ1v) is 15.4. The third-order valence-corrected chi connectivity index (χ3v) is 13.4. The van der Waals surface area contributed by atoms with Gasteiger partial charge in [-0.15, -0.1) is 0 Å². The van der Waals surface area contributed by atoms with Crippen LogP contribution in [0.1, 0.15) is 99.3 Å². The molecule has 5 aliphatic rings. The minimum absolute atomic E-state index is 0.0225. The Labute approximate surface area is 244 Å². The number of methoxy groups -OCH3 is 2. The van der Waals surface area contributed by atoms with Gasteiger partial charge in [0.25, 0.3) is 0 Å². The Morgan fingerprint density at radius 1 is 0.951 bits per heavy atom. The fraction of sp³-hybridized carbons (Fsp3) is 0.794. The van der Waals surface area contributed by atoms with Crippen molar-refractivity contribution in [2.24, 2.45) is 56.2 Å². The predicted molar refractivity (Wildman–Crippen MR) is 152 cm³/mol. The summed E-state index contributed by atoms with van der Waals surface area (Å²) in [6, 6.07) is 2.25. The van der Waals surface area contributed by atoms with Crippen molar-refractivity contribution in [1.29, 1.82) is 5.26 Å². The van der Waals surface area contributed by atoms with Crippen LogP contribution < -0.4 is 0 Å². The molecule has 41 heavy (non-hydrogen) atoms. The van der Waals surface area contributed by atoms with E-state index in [0.29, 0.717) is 12.8 Å². The molecule has 0 bridgehead atoms. The number of carbonyl (C=O) groups excluding carboxylic acids is 4. The Morgan fingerprint density at radius 2 is 1.61 bits per heavy atom. The molecule has 1 unspecified atom stereocenters. The van der Waals surface area contributed by atoms with Crippen LogP contribution >= 0.6 is 0 Å². The summed E-state index contributed by atoms with van der Waals surface area (Å²) in [4.78, 5) is 54.3. The highest BCUT2D eigenvalue weighted by molar-refractivity contribution is 5.97. The van der Waals surface area contributed by atoms with Gasteiger partial charge in [-0.2, -0.15) is 5.26 Å². The van der Waals surface area contributed by atoms with Crippen molar-refractivity contribution in [2.75, 3.05) is 14.2 Å². The third kappa shape index (κ3) is 3.80. The lowest BCUT2D eigenvalue weighted by atomic mass is 9.33. The maximum absolute atomic E-state index is 14.5. The average Bonchev–Trinajstić information content (AvgIpc) is 2.91. The lowest BCUT2D eigenvalue weighted by molar-refractivity contribution is -0.194. The van der Waals surface area contributed by atoms with E-state index < -0.39 is 28.1 Å². The summed E-state index contributed by atoms with van der Waals surface area (Å²) in [6.07, 6.45) is 7.54. The van der Waals surface area contributed by atoms with Crippen LogP contribution in [-0.2, 0) is 28.7 Å². The Hall–Kier alpha value is -2.49. The van der Waals surface area contributed by atoms with Crippen molar-refractivity contribution in [3.63, 3.8) is 0 Å². The molecule has 0 heterocycles. The number of Topliss-reactive ketones (excluding diaryl/α,β-unsaturated/α-hetero) is 1. The quantitative estimate of drug-likeness (QED) is 0.386. The number of nitrogens with zero attached hydrogens (tertiary/aromatic N) is 1. The lowest BCUT2D eigenvalue weighted by Crippen LogP contribution is -2.67. The van der Waals surface area contributed by atoms with Gasteiger partial charge in [0, 0.05) is 11.3 Å². The minimum atomic E-state index is -1.05. The minimum Gasteiger partial charge on any atom is -0.469 e. The van der Waals surface area contributed by atoms with Crippen LogP contribution in [0.2, 0.25) is 0 Å². The fourth-order valence-electron chi connectivity index (χ4n) is 11.1. The second-order valence-corrected chi connectivity index (χ2v) is 15.7. The van der Waals surface area contributed by atoms with E-state index >= 15 is 0 Å². The molecule has 0 aliphatic heterocycles. The Morgan fingerprint density at radius 3 is 2.22 bits per heavy atom. The highest BCUT2D eigenvalue weighted by atomic mass is 16.5. The molecular formula is C34H47NO6. The van der Waals surface area contributed by atoms with Gasteiger partial charge in [-0.3, -0.25) is 19.2 Å². The van der Waals surface area contributed by atoms with Gasteiger partial charge >= 0.3 is 11.9 Å². The number of allylic oxidation sites excluding steroid dienone is 2. The summed E-state index contributed by atoms with van der Waals surface area (Å²) < 4.78 is 10.4. The summed E-state index contributed by atoms with van der Waals surface area (Å²) in [5, 5.41) is 10.1. The molecule has 0 aromatic carbocycles. The Kier molecular flexibility index (Phi) is 6.77. The SMILES string of the molecule is COC(=O)C[C@]1(C)C(=O)C(C#N)C[C@]2(C)C3=CC(=O)[C@@H]4[C@@H]5CC(C)(C)CC[C@]5(C(=O)OC)CC[C@@]4(C)[C@]3(C)CC[C@@H]12. The van der Waals surface area contributed by atoms with Crippen LogP contribution in [-0.4, -0.2) is 37.7 Å². The van der Waals surface area contributed by atoms with Gasteiger partial charge in [-0.25, -0.2) is 0 Å². The van der Waals surface area contributed by atoms with Crippen molar-refractivity contribution >= 4 is 23.5 Å². The zero-order valence-corrected chi connectivity index (χ0v) is 26.1. The number of hydrogen-bond acceptors (Lipinski definition) is 7. The molecule has 0 spiro atoms. The molecule has 4 fully saturated rings.